The molecule has 0 aromatic carbocycles. The highest BCUT2D eigenvalue weighted by molar-refractivity contribution is 5.79. The summed E-state index contributed by atoms with van der Waals surface area (Å²) in [6.45, 7) is 6.85. The average molecular weight is 237 g/mol. The Hall–Kier alpha value is -1.85. The Morgan fingerprint density at radius 3 is 2.76 bits per heavy atom. The van der Waals surface area contributed by atoms with Gasteiger partial charge in [0.25, 0.3) is 0 Å². The SMILES string of the molecule is CCNc1cncc(N(CC(N)=O)C(C)C)n1. The largest absolute Gasteiger partial charge is 0.369 e. The standard InChI is InChI=1S/C11H19N5O/c1-4-14-10-5-13-6-11(15-10)16(8(2)3)7-9(12)17/h5-6,8H,4,7H2,1-3H3,(H2,12,17)(H,14,15). The first kappa shape index (κ1) is 13.2. The summed E-state index contributed by atoms with van der Waals surface area (Å²) in [5.74, 6) is 0.965. The van der Waals surface area contributed by atoms with E-state index in [1.807, 2.05) is 25.7 Å². The number of aromatic nitrogens is 2. The Morgan fingerprint density at radius 2 is 2.24 bits per heavy atom. The van der Waals surface area contributed by atoms with E-state index < -0.39 is 0 Å². The van der Waals surface area contributed by atoms with Gasteiger partial charge in [-0.25, -0.2) is 4.98 Å². The van der Waals surface area contributed by atoms with Crippen LogP contribution in [0.1, 0.15) is 20.8 Å². The van der Waals surface area contributed by atoms with Crippen molar-refractivity contribution in [3.8, 4) is 0 Å². The third-order valence-corrected chi connectivity index (χ3v) is 2.22. The Labute approximate surface area is 101 Å². The molecule has 0 radical (unpaired) electrons. The molecule has 17 heavy (non-hydrogen) atoms. The fourth-order valence-electron chi connectivity index (χ4n) is 1.46. The molecule has 0 aliphatic rings. The zero-order valence-electron chi connectivity index (χ0n) is 10.5. The lowest BCUT2D eigenvalue weighted by atomic mass is 10.3. The van der Waals surface area contributed by atoms with Gasteiger partial charge in [0.15, 0.2) is 0 Å². The van der Waals surface area contributed by atoms with E-state index in [0.717, 1.165) is 6.54 Å². The Bertz CT molecular complexity index is 380. The van der Waals surface area contributed by atoms with Gasteiger partial charge in [0, 0.05) is 12.6 Å². The first-order valence-electron chi connectivity index (χ1n) is 5.65. The van der Waals surface area contributed by atoms with Crippen LogP contribution in [0.2, 0.25) is 0 Å². The van der Waals surface area contributed by atoms with Crippen molar-refractivity contribution in [2.45, 2.75) is 26.8 Å². The third kappa shape index (κ3) is 3.90. The molecule has 1 rings (SSSR count). The molecule has 0 saturated heterocycles. The second kappa shape index (κ2) is 6.03. The molecule has 6 nitrogen and oxygen atoms in total. The lowest BCUT2D eigenvalue weighted by Crippen LogP contribution is -2.39. The smallest absolute Gasteiger partial charge is 0.237 e. The summed E-state index contributed by atoms with van der Waals surface area (Å²) in [5.41, 5.74) is 5.22. The Kier molecular flexibility index (Phi) is 4.68. The summed E-state index contributed by atoms with van der Waals surface area (Å²) < 4.78 is 0. The average Bonchev–Trinajstić information content (AvgIpc) is 2.26. The quantitative estimate of drug-likeness (QED) is 0.757. The molecule has 1 amide bonds. The van der Waals surface area contributed by atoms with Crippen LogP contribution < -0.4 is 16.0 Å². The molecule has 0 aliphatic carbocycles. The van der Waals surface area contributed by atoms with E-state index in [1.165, 1.54) is 0 Å². The first-order valence-corrected chi connectivity index (χ1v) is 5.65. The van der Waals surface area contributed by atoms with Crippen molar-refractivity contribution in [2.75, 3.05) is 23.3 Å². The van der Waals surface area contributed by atoms with Crippen molar-refractivity contribution in [1.29, 1.82) is 0 Å². The van der Waals surface area contributed by atoms with Crippen LogP contribution in [-0.4, -0.2) is 35.0 Å². The minimum atomic E-state index is -0.380. The first-order chi connectivity index (χ1) is 8.04. The molecular formula is C11H19N5O. The van der Waals surface area contributed by atoms with Crippen LogP contribution in [0.4, 0.5) is 11.6 Å². The molecule has 0 spiro atoms. The second-order valence-corrected chi connectivity index (χ2v) is 3.98. The van der Waals surface area contributed by atoms with Crippen molar-refractivity contribution in [2.24, 2.45) is 5.73 Å². The molecule has 0 unspecified atom stereocenters. The van der Waals surface area contributed by atoms with Gasteiger partial charge in [-0.2, -0.15) is 0 Å². The third-order valence-electron chi connectivity index (χ3n) is 2.22. The van der Waals surface area contributed by atoms with E-state index >= 15 is 0 Å². The number of rotatable bonds is 6. The lowest BCUT2D eigenvalue weighted by molar-refractivity contribution is -0.116. The van der Waals surface area contributed by atoms with E-state index in [1.54, 1.807) is 12.4 Å². The highest BCUT2D eigenvalue weighted by atomic mass is 16.1. The van der Waals surface area contributed by atoms with Crippen molar-refractivity contribution >= 4 is 17.5 Å². The second-order valence-electron chi connectivity index (χ2n) is 3.98. The molecule has 0 bridgehead atoms. The van der Waals surface area contributed by atoms with Gasteiger partial charge in [0.2, 0.25) is 5.91 Å². The van der Waals surface area contributed by atoms with Crippen molar-refractivity contribution in [3.05, 3.63) is 12.4 Å². The highest BCUT2D eigenvalue weighted by Crippen LogP contribution is 2.14. The molecule has 94 valence electrons. The lowest BCUT2D eigenvalue weighted by Gasteiger charge is -2.26. The summed E-state index contributed by atoms with van der Waals surface area (Å²) in [4.78, 5) is 21.3. The van der Waals surface area contributed by atoms with E-state index in [2.05, 4.69) is 15.3 Å². The number of hydrogen-bond donors (Lipinski definition) is 2. The van der Waals surface area contributed by atoms with Crippen LogP contribution in [0.5, 0.6) is 0 Å². The summed E-state index contributed by atoms with van der Waals surface area (Å²) in [6, 6.07) is 0.133. The van der Waals surface area contributed by atoms with Crippen LogP contribution in [0.15, 0.2) is 12.4 Å². The molecule has 1 aromatic heterocycles. The number of nitrogens with zero attached hydrogens (tertiary/aromatic N) is 3. The maximum absolute atomic E-state index is 11.0. The van der Waals surface area contributed by atoms with Crippen LogP contribution in [0.3, 0.4) is 0 Å². The number of carbonyl (C=O) groups is 1. The van der Waals surface area contributed by atoms with E-state index in [4.69, 9.17) is 5.73 Å². The molecule has 0 atom stereocenters. The van der Waals surface area contributed by atoms with Gasteiger partial charge < -0.3 is 16.0 Å². The number of carbonyl (C=O) groups excluding carboxylic acids is 1. The zero-order chi connectivity index (χ0) is 12.8. The number of hydrogen-bond acceptors (Lipinski definition) is 5. The van der Waals surface area contributed by atoms with Crippen LogP contribution in [0, 0.1) is 0 Å². The van der Waals surface area contributed by atoms with Crippen molar-refractivity contribution in [1.82, 2.24) is 9.97 Å². The van der Waals surface area contributed by atoms with Crippen molar-refractivity contribution < 1.29 is 4.79 Å². The van der Waals surface area contributed by atoms with Crippen LogP contribution in [-0.2, 0) is 4.79 Å². The summed E-state index contributed by atoms with van der Waals surface area (Å²) in [7, 11) is 0. The Morgan fingerprint density at radius 1 is 1.53 bits per heavy atom. The molecule has 0 fully saturated rings. The minimum Gasteiger partial charge on any atom is -0.369 e. The molecule has 1 aromatic rings. The minimum absolute atomic E-state index is 0.133. The van der Waals surface area contributed by atoms with Gasteiger partial charge in [-0.05, 0) is 20.8 Å². The molecule has 0 aliphatic heterocycles. The predicted octanol–water partition coefficient (Wildman–Crippen LogP) is 0.608. The monoisotopic (exact) mass is 237 g/mol. The topological polar surface area (TPSA) is 84.1 Å². The number of nitrogens with one attached hydrogen (secondary N) is 1. The van der Waals surface area contributed by atoms with Gasteiger partial charge >= 0.3 is 0 Å². The molecular weight excluding hydrogens is 218 g/mol. The number of anilines is 2. The van der Waals surface area contributed by atoms with Crippen LogP contribution in [0.25, 0.3) is 0 Å². The summed E-state index contributed by atoms with van der Waals surface area (Å²) in [6.07, 6.45) is 3.28. The van der Waals surface area contributed by atoms with Crippen molar-refractivity contribution in [3.63, 3.8) is 0 Å². The molecule has 3 N–H and O–H groups in total. The van der Waals surface area contributed by atoms with Gasteiger partial charge in [0.05, 0.1) is 18.9 Å². The number of amides is 1. The van der Waals surface area contributed by atoms with Gasteiger partial charge in [-0.3, -0.25) is 9.78 Å². The van der Waals surface area contributed by atoms with Crippen LogP contribution >= 0.6 is 0 Å². The number of primary amides is 1. The Balaban J connectivity index is 2.93. The maximum Gasteiger partial charge on any atom is 0.237 e. The zero-order valence-corrected chi connectivity index (χ0v) is 10.5. The van der Waals surface area contributed by atoms with Gasteiger partial charge in [-0.15, -0.1) is 0 Å². The maximum atomic E-state index is 11.0. The van der Waals surface area contributed by atoms with E-state index in [-0.39, 0.29) is 18.5 Å². The molecule has 1 heterocycles. The van der Waals surface area contributed by atoms with Gasteiger partial charge in [0.1, 0.15) is 11.6 Å². The predicted molar refractivity (Wildman–Crippen MR) is 67.9 cm³/mol. The van der Waals surface area contributed by atoms with E-state index in [0.29, 0.717) is 11.6 Å². The molecule has 0 saturated carbocycles. The summed E-state index contributed by atoms with van der Waals surface area (Å²) in [5, 5.41) is 3.08. The fraction of sp³-hybridized carbons (Fsp3) is 0.545. The summed E-state index contributed by atoms with van der Waals surface area (Å²) >= 11 is 0. The molecule has 6 heteroatoms. The normalized spacial score (nSPS) is 10.4. The fourth-order valence-corrected chi connectivity index (χ4v) is 1.46. The number of nitrogens with two attached hydrogens (primary N) is 1. The van der Waals surface area contributed by atoms with Gasteiger partial charge in [-0.1, -0.05) is 0 Å². The van der Waals surface area contributed by atoms with E-state index in [9.17, 15) is 4.79 Å². The highest BCUT2D eigenvalue weighted by Gasteiger charge is 2.15.